The van der Waals surface area contributed by atoms with Gasteiger partial charge >= 0.3 is 6.18 Å². The predicted molar refractivity (Wildman–Crippen MR) is 48.2 cm³/mol. The van der Waals surface area contributed by atoms with E-state index < -0.39 is 12.6 Å². The Morgan fingerprint density at radius 3 is 2.71 bits per heavy atom. The zero-order valence-electron chi connectivity index (χ0n) is 7.26. The molecule has 0 saturated heterocycles. The van der Waals surface area contributed by atoms with Crippen LogP contribution in [0.2, 0.25) is 0 Å². The molecular formula is C7H9BrF3N3. The van der Waals surface area contributed by atoms with E-state index in [9.17, 15) is 13.2 Å². The summed E-state index contributed by atoms with van der Waals surface area (Å²) in [6.07, 6.45) is -2.80. The van der Waals surface area contributed by atoms with Crippen molar-refractivity contribution in [1.82, 2.24) is 15.0 Å². The van der Waals surface area contributed by atoms with Crippen molar-refractivity contribution in [2.24, 2.45) is 0 Å². The topological polar surface area (TPSA) is 30.7 Å². The van der Waals surface area contributed by atoms with E-state index in [1.807, 2.05) is 0 Å². The summed E-state index contributed by atoms with van der Waals surface area (Å²) in [4.78, 5) is 0. The summed E-state index contributed by atoms with van der Waals surface area (Å²) in [5, 5.41) is 8.03. The van der Waals surface area contributed by atoms with Crippen molar-refractivity contribution < 1.29 is 13.2 Å². The van der Waals surface area contributed by atoms with Gasteiger partial charge < -0.3 is 0 Å². The van der Waals surface area contributed by atoms with Crippen LogP contribution in [0.1, 0.15) is 12.1 Å². The molecule has 0 unspecified atom stereocenters. The summed E-state index contributed by atoms with van der Waals surface area (Å²) in [6.45, 7) is -0.168. The van der Waals surface area contributed by atoms with Crippen LogP contribution >= 0.6 is 15.9 Å². The van der Waals surface area contributed by atoms with Gasteiger partial charge in [0.15, 0.2) is 0 Å². The maximum absolute atomic E-state index is 11.8. The van der Waals surface area contributed by atoms with Crippen molar-refractivity contribution in [1.29, 1.82) is 0 Å². The molecule has 1 aromatic rings. The van der Waals surface area contributed by atoms with Crippen LogP contribution in [-0.2, 0) is 13.0 Å². The lowest BCUT2D eigenvalue weighted by atomic mass is 10.4. The zero-order valence-corrected chi connectivity index (χ0v) is 8.85. The first-order valence-corrected chi connectivity index (χ1v) is 5.15. The molecule has 0 aliphatic rings. The molecule has 14 heavy (non-hydrogen) atoms. The number of halogens is 4. The summed E-state index contributed by atoms with van der Waals surface area (Å²) in [6, 6.07) is 0. The van der Waals surface area contributed by atoms with Gasteiger partial charge in [0, 0.05) is 17.9 Å². The largest absolute Gasteiger partial charge is 0.390 e. The molecule has 1 heterocycles. The van der Waals surface area contributed by atoms with Crippen molar-refractivity contribution in [2.45, 2.75) is 25.6 Å². The summed E-state index contributed by atoms with van der Waals surface area (Å²) >= 11 is 3.21. The van der Waals surface area contributed by atoms with Crippen LogP contribution in [0, 0.1) is 0 Å². The van der Waals surface area contributed by atoms with Crippen LogP contribution in [0.15, 0.2) is 6.20 Å². The van der Waals surface area contributed by atoms with Crippen molar-refractivity contribution in [3.8, 4) is 0 Å². The highest BCUT2D eigenvalue weighted by molar-refractivity contribution is 9.09. The van der Waals surface area contributed by atoms with E-state index >= 15 is 0 Å². The summed E-state index contributed by atoms with van der Waals surface area (Å²) in [5.41, 5.74) is 0.698. The quantitative estimate of drug-likeness (QED) is 0.786. The van der Waals surface area contributed by atoms with Gasteiger partial charge in [0.25, 0.3) is 0 Å². The van der Waals surface area contributed by atoms with E-state index in [1.165, 1.54) is 10.9 Å². The Bertz CT molecular complexity index is 284. The molecule has 0 atom stereocenters. The molecule has 3 nitrogen and oxygen atoms in total. The number of alkyl halides is 4. The van der Waals surface area contributed by atoms with Gasteiger partial charge in [0.2, 0.25) is 0 Å². The van der Waals surface area contributed by atoms with Crippen LogP contribution in [0.3, 0.4) is 0 Å². The molecule has 0 aliphatic heterocycles. The molecule has 0 aliphatic carbocycles. The molecule has 7 heteroatoms. The van der Waals surface area contributed by atoms with E-state index in [0.717, 1.165) is 5.33 Å². The molecule has 0 amide bonds. The monoisotopic (exact) mass is 271 g/mol. The average Bonchev–Trinajstić information content (AvgIpc) is 2.49. The maximum Gasteiger partial charge on any atom is 0.390 e. The standard InChI is InChI=1S/C7H9BrF3N3/c8-3-1-6-5-14(13-12-6)4-2-7(9,10)11/h5H,1-4H2. The highest BCUT2D eigenvalue weighted by Crippen LogP contribution is 2.19. The van der Waals surface area contributed by atoms with Gasteiger partial charge in [-0.25, -0.2) is 0 Å². The number of hydrogen-bond donors (Lipinski definition) is 0. The third-order valence-corrected chi connectivity index (χ3v) is 1.96. The summed E-state index contributed by atoms with van der Waals surface area (Å²) in [7, 11) is 0. The Kier molecular flexibility index (Phi) is 3.91. The van der Waals surface area contributed by atoms with Crippen molar-refractivity contribution >= 4 is 15.9 Å². The fourth-order valence-electron chi connectivity index (χ4n) is 0.901. The minimum atomic E-state index is -4.14. The van der Waals surface area contributed by atoms with Gasteiger partial charge in [0.1, 0.15) is 0 Å². The number of aromatic nitrogens is 3. The van der Waals surface area contributed by atoms with Gasteiger partial charge in [-0.1, -0.05) is 21.1 Å². The van der Waals surface area contributed by atoms with Crippen LogP contribution in [0.5, 0.6) is 0 Å². The van der Waals surface area contributed by atoms with Gasteiger partial charge in [-0.15, -0.1) is 5.10 Å². The molecule has 1 aromatic heterocycles. The van der Waals surface area contributed by atoms with Crippen LogP contribution in [-0.4, -0.2) is 26.5 Å². The van der Waals surface area contributed by atoms with E-state index in [-0.39, 0.29) is 6.54 Å². The predicted octanol–water partition coefficient (Wildman–Crippen LogP) is 2.17. The van der Waals surface area contributed by atoms with E-state index in [1.54, 1.807) is 0 Å². The van der Waals surface area contributed by atoms with Gasteiger partial charge in [-0.2, -0.15) is 13.2 Å². The van der Waals surface area contributed by atoms with Crippen molar-refractivity contribution in [3.05, 3.63) is 11.9 Å². The Labute approximate surface area is 87.4 Å². The molecule has 80 valence electrons. The Morgan fingerprint density at radius 2 is 2.14 bits per heavy atom. The minimum Gasteiger partial charge on any atom is -0.252 e. The summed E-state index contributed by atoms with van der Waals surface area (Å²) in [5.74, 6) is 0. The molecule has 0 spiro atoms. The fraction of sp³-hybridized carbons (Fsp3) is 0.714. The SMILES string of the molecule is FC(F)(F)CCn1cc(CCBr)nn1. The van der Waals surface area contributed by atoms with E-state index in [0.29, 0.717) is 12.1 Å². The zero-order chi connectivity index (χ0) is 10.6. The van der Waals surface area contributed by atoms with E-state index in [2.05, 4.69) is 26.2 Å². The van der Waals surface area contributed by atoms with Gasteiger partial charge in [-0.3, -0.25) is 4.68 Å². The van der Waals surface area contributed by atoms with Crippen LogP contribution < -0.4 is 0 Å². The minimum absolute atomic E-state index is 0.168. The Morgan fingerprint density at radius 1 is 1.43 bits per heavy atom. The Balaban J connectivity index is 2.44. The second kappa shape index (κ2) is 4.77. The van der Waals surface area contributed by atoms with Gasteiger partial charge in [-0.05, 0) is 0 Å². The van der Waals surface area contributed by atoms with Crippen LogP contribution in [0.4, 0.5) is 13.2 Å². The molecule has 0 radical (unpaired) electrons. The smallest absolute Gasteiger partial charge is 0.252 e. The summed E-state index contributed by atoms with van der Waals surface area (Å²) < 4.78 is 36.7. The third-order valence-electron chi connectivity index (χ3n) is 1.56. The number of nitrogens with zero attached hydrogens (tertiary/aromatic N) is 3. The number of rotatable bonds is 4. The first-order valence-electron chi connectivity index (χ1n) is 4.03. The first-order chi connectivity index (χ1) is 6.51. The fourth-order valence-corrected chi connectivity index (χ4v) is 1.31. The molecule has 0 bridgehead atoms. The van der Waals surface area contributed by atoms with Crippen molar-refractivity contribution in [3.63, 3.8) is 0 Å². The second-order valence-electron chi connectivity index (χ2n) is 2.78. The maximum atomic E-state index is 11.8. The molecule has 0 fully saturated rings. The molecular weight excluding hydrogens is 263 g/mol. The molecule has 0 saturated carbocycles. The highest BCUT2D eigenvalue weighted by atomic mass is 79.9. The molecule has 1 rings (SSSR count). The highest BCUT2D eigenvalue weighted by Gasteiger charge is 2.26. The van der Waals surface area contributed by atoms with Crippen LogP contribution in [0.25, 0.3) is 0 Å². The second-order valence-corrected chi connectivity index (χ2v) is 3.57. The molecule has 0 N–H and O–H groups in total. The first kappa shape index (κ1) is 11.5. The number of aryl methyl sites for hydroxylation is 2. The van der Waals surface area contributed by atoms with E-state index in [4.69, 9.17) is 0 Å². The average molecular weight is 272 g/mol. The normalized spacial score (nSPS) is 12.0. The van der Waals surface area contributed by atoms with Gasteiger partial charge in [0.05, 0.1) is 18.7 Å². The third kappa shape index (κ3) is 4.08. The Hall–Kier alpha value is -0.590. The lowest BCUT2D eigenvalue weighted by Gasteiger charge is -2.04. The lowest BCUT2D eigenvalue weighted by Crippen LogP contribution is -2.12. The lowest BCUT2D eigenvalue weighted by molar-refractivity contribution is -0.137. The van der Waals surface area contributed by atoms with Crippen molar-refractivity contribution in [2.75, 3.05) is 5.33 Å². The molecule has 0 aromatic carbocycles. The number of hydrogen-bond acceptors (Lipinski definition) is 2.